The third-order valence-corrected chi connectivity index (χ3v) is 4.25. The SMILES string of the molecule is CC(C)(C)[C@H](N)C(=O)N1CCN(C(=O)OCc2ccccc2)CC1. The van der Waals surface area contributed by atoms with Gasteiger partial charge in [0.05, 0.1) is 6.04 Å². The maximum Gasteiger partial charge on any atom is 0.410 e. The summed E-state index contributed by atoms with van der Waals surface area (Å²) in [6.07, 6.45) is -0.342. The highest BCUT2D eigenvalue weighted by molar-refractivity contribution is 5.82. The van der Waals surface area contributed by atoms with E-state index in [9.17, 15) is 9.59 Å². The Morgan fingerprint density at radius 3 is 2.17 bits per heavy atom. The summed E-state index contributed by atoms with van der Waals surface area (Å²) in [4.78, 5) is 27.9. The van der Waals surface area contributed by atoms with Crippen molar-refractivity contribution in [1.29, 1.82) is 0 Å². The zero-order valence-corrected chi connectivity index (χ0v) is 14.7. The van der Waals surface area contributed by atoms with Gasteiger partial charge in [0.25, 0.3) is 0 Å². The predicted octanol–water partition coefficient (Wildman–Crippen LogP) is 1.84. The first-order valence-corrected chi connectivity index (χ1v) is 8.29. The first kappa shape index (κ1) is 18.3. The van der Waals surface area contributed by atoms with Gasteiger partial charge >= 0.3 is 6.09 Å². The number of ether oxygens (including phenoxy) is 1. The largest absolute Gasteiger partial charge is 0.445 e. The third kappa shape index (κ3) is 4.71. The van der Waals surface area contributed by atoms with Crippen molar-refractivity contribution in [2.75, 3.05) is 26.2 Å². The van der Waals surface area contributed by atoms with Crippen LogP contribution in [0.2, 0.25) is 0 Å². The van der Waals surface area contributed by atoms with E-state index in [2.05, 4.69) is 0 Å². The normalized spacial score (nSPS) is 16.7. The number of amides is 2. The minimum atomic E-state index is -0.533. The van der Waals surface area contributed by atoms with Crippen LogP contribution in [0.25, 0.3) is 0 Å². The van der Waals surface area contributed by atoms with E-state index in [1.165, 1.54) is 0 Å². The standard InChI is InChI=1S/C18H27N3O3/c1-18(2,3)15(19)16(22)20-9-11-21(12-10-20)17(23)24-13-14-7-5-4-6-8-14/h4-8,15H,9-13,19H2,1-3H3/t15-/m1/s1. The second-order valence-corrected chi connectivity index (χ2v) is 7.20. The van der Waals surface area contributed by atoms with Gasteiger partial charge in [-0.05, 0) is 11.0 Å². The molecule has 0 unspecified atom stereocenters. The second kappa shape index (κ2) is 7.66. The van der Waals surface area contributed by atoms with E-state index >= 15 is 0 Å². The van der Waals surface area contributed by atoms with Crippen molar-refractivity contribution >= 4 is 12.0 Å². The summed E-state index contributed by atoms with van der Waals surface area (Å²) in [5.74, 6) is -0.0557. The molecule has 1 aliphatic rings. The summed E-state index contributed by atoms with van der Waals surface area (Å²) in [6.45, 7) is 8.03. The van der Waals surface area contributed by atoms with Crippen LogP contribution in [0.4, 0.5) is 4.79 Å². The maximum atomic E-state index is 12.4. The summed E-state index contributed by atoms with van der Waals surface area (Å²) in [5.41, 5.74) is 6.71. The fraction of sp³-hybridized carbons (Fsp3) is 0.556. The number of carbonyl (C=O) groups excluding carboxylic acids is 2. The Labute approximate surface area is 143 Å². The lowest BCUT2D eigenvalue weighted by molar-refractivity contribution is -0.136. The summed E-state index contributed by atoms with van der Waals surface area (Å²) < 4.78 is 5.32. The summed E-state index contributed by atoms with van der Waals surface area (Å²) in [5, 5.41) is 0. The molecule has 0 bridgehead atoms. The molecule has 24 heavy (non-hydrogen) atoms. The number of benzene rings is 1. The number of hydrogen-bond acceptors (Lipinski definition) is 4. The van der Waals surface area contributed by atoms with Crippen LogP contribution in [0.3, 0.4) is 0 Å². The predicted molar refractivity (Wildman–Crippen MR) is 92.2 cm³/mol. The van der Waals surface area contributed by atoms with Crippen molar-refractivity contribution in [3.8, 4) is 0 Å². The first-order chi connectivity index (χ1) is 11.3. The number of nitrogens with zero attached hydrogens (tertiary/aromatic N) is 2. The van der Waals surface area contributed by atoms with Gasteiger partial charge < -0.3 is 20.3 Å². The van der Waals surface area contributed by atoms with Crippen LogP contribution < -0.4 is 5.73 Å². The highest BCUT2D eigenvalue weighted by Crippen LogP contribution is 2.20. The number of rotatable bonds is 3. The van der Waals surface area contributed by atoms with Gasteiger partial charge in [0.15, 0.2) is 0 Å². The Hall–Kier alpha value is -2.08. The molecule has 1 aliphatic heterocycles. The van der Waals surface area contributed by atoms with Gasteiger partial charge in [-0.1, -0.05) is 51.1 Å². The molecule has 132 valence electrons. The fourth-order valence-corrected chi connectivity index (χ4v) is 2.49. The third-order valence-electron chi connectivity index (χ3n) is 4.25. The smallest absolute Gasteiger partial charge is 0.410 e. The average molecular weight is 333 g/mol. The molecule has 1 atom stereocenters. The Balaban J connectivity index is 1.80. The minimum Gasteiger partial charge on any atom is -0.445 e. The van der Waals surface area contributed by atoms with E-state index in [1.54, 1.807) is 9.80 Å². The molecule has 0 radical (unpaired) electrons. The van der Waals surface area contributed by atoms with E-state index in [0.717, 1.165) is 5.56 Å². The van der Waals surface area contributed by atoms with Crippen LogP contribution in [0.15, 0.2) is 30.3 Å². The molecule has 0 aromatic heterocycles. The lowest BCUT2D eigenvalue weighted by Gasteiger charge is -2.37. The Morgan fingerprint density at radius 1 is 1.08 bits per heavy atom. The van der Waals surface area contributed by atoms with Gasteiger partial charge in [-0.2, -0.15) is 0 Å². The van der Waals surface area contributed by atoms with Gasteiger partial charge in [-0.15, -0.1) is 0 Å². The van der Waals surface area contributed by atoms with E-state index in [0.29, 0.717) is 26.2 Å². The number of carbonyl (C=O) groups is 2. The molecule has 1 saturated heterocycles. The molecule has 6 nitrogen and oxygen atoms in total. The van der Waals surface area contributed by atoms with Gasteiger partial charge in [-0.3, -0.25) is 4.79 Å². The molecule has 0 saturated carbocycles. The zero-order valence-electron chi connectivity index (χ0n) is 14.7. The highest BCUT2D eigenvalue weighted by Gasteiger charge is 2.33. The summed E-state index contributed by atoms with van der Waals surface area (Å²) >= 11 is 0. The molecule has 2 N–H and O–H groups in total. The molecule has 6 heteroatoms. The minimum absolute atomic E-state index is 0.0557. The van der Waals surface area contributed by atoms with Crippen molar-refractivity contribution in [3.05, 3.63) is 35.9 Å². The lowest BCUT2D eigenvalue weighted by atomic mass is 9.86. The molecular weight excluding hydrogens is 306 g/mol. The molecule has 0 spiro atoms. The molecule has 1 fully saturated rings. The number of nitrogens with two attached hydrogens (primary N) is 1. The monoisotopic (exact) mass is 333 g/mol. The van der Waals surface area contributed by atoms with Crippen LogP contribution in [0.5, 0.6) is 0 Å². The molecule has 0 aliphatic carbocycles. The van der Waals surface area contributed by atoms with Crippen molar-refractivity contribution in [1.82, 2.24) is 9.80 Å². The molecular formula is C18H27N3O3. The maximum absolute atomic E-state index is 12.4. The second-order valence-electron chi connectivity index (χ2n) is 7.20. The van der Waals surface area contributed by atoms with Crippen molar-refractivity contribution in [3.63, 3.8) is 0 Å². The highest BCUT2D eigenvalue weighted by atomic mass is 16.6. The molecule has 1 heterocycles. The van der Waals surface area contributed by atoms with E-state index < -0.39 is 6.04 Å². The molecule has 1 aromatic rings. The van der Waals surface area contributed by atoms with Crippen LogP contribution in [-0.4, -0.2) is 54.0 Å². The molecule has 2 amide bonds. The zero-order chi connectivity index (χ0) is 17.7. The first-order valence-electron chi connectivity index (χ1n) is 8.29. The van der Waals surface area contributed by atoms with E-state index in [4.69, 9.17) is 10.5 Å². The molecule has 1 aromatic carbocycles. The summed E-state index contributed by atoms with van der Waals surface area (Å²) in [7, 11) is 0. The van der Waals surface area contributed by atoms with E-state index in [-0.39, 0.29) is 24.0 Å². The van der Waals surface area contributed by atoms with Crippen LogP contribution in [0, 0.1) is 5.41 Å². The van der Waals surface area contributed by atoms with Crippen molar-refractivity contribution in [2.24, 2.45) is 11.1 Å². The quantitative estimate of drug-likeness (QED) is 0.916. The van der Waals surface area contributed by atoms with Crippen LogP contribution >= 0.6 is 0 Å². The topological polar surface area (TPSA) is 75.9 Å². The Kier molecular flexibility index (Phi) is 5.83. The number of piperazine rings is 1. The van der Waals surface area contributed by atoms with Crippen LogP contribution in [-0.2, 0) is 16.1 Å². The average Bonchev–Trinajstić information content (AvgIpc) is 2.58. The van der Waals surface area contributed by atoms with Gasteiger partial charge in [0.1, 0.15) is 6.61 Å². The van der Waals surface area contributed by atoms with Gasteiger partial charge in [0.2, 0.25) is 5.91 Å². The van der Waals surface area contributed by atoms with Crippen molar-refractivity contribution < 1.29 is 14.3 Å². The van der Waals surface area contributed by atoms with Gasteiger partial charge in [0, 0.05) is 26.2 Å². The lowest BCUT2D eigenvalue weighted by Crippen LogP contribution is -2.57. The van der Waals surface area contributed by atoms with Gasteiger partial charge in [-0.25, -0.2) is 4.79 Å². The van der Waals surface area contributed by atoms with Crippen molar-refractivity contribution in [2.45, 2.75) is 33.4 Å². The molecule has 2 rings (SSSR count). The Bertz CT molecular complexity index is 561. The summed E-state index contributed by atoms with van der Waals surface area (Å²) in [6, 6.07) is 9.03. The fourth-order valence-electron chi connectivity index (χ4n) is 2.49. The van der Waals surface area contributed by atoms with E-state index in [1.807, 2.05) is 51.1 Å². The number of hydrogen-bond donors (Lipinski definition) is 1. The van der Waals surface area contributed by atoms with Crippen LogP contribution in [0.1, 0.15) is 26.3 Å². The Morgan fingerprint density at radius 2 is 1.62 bits per heavy atom.